The van der Waals surface area contributed by atoms with Gasteiger partial charge in [-0.05, 0) is 37.1 Å². The third-order valence-electron chi connectivity index (χ3n) is 3.75. The minimum atomic E-state index is -4.44. The van der Waals surface area contributed by atoms with Crippen LogP contribution < -0.4 is 10.1 Å². The Morgan fingerprint density at radius 2 is 1.84 bits per heavy atom. The number of nitrogens with one attached hydrogen (secondary N) is 1. The predicted octanol–water partition coefficient (Wildman–Crippen LogP) is 4.66. The summed E-state index contributed by atoms with van der Waals surface area (Å²) >= 11 is 0. The second-order valence-corrected chi connectivity index (χ2v) is 5.75. The Morgan fingerprint density at radius 1 is 1.16 bits per heavy atom. The van der Waals surface area contributed by atoms with Crippen LogP contribution >= 0.6 is 0 Å². The number of amides is 1. The lowest BCUT2D eigenvalue weighted by Crippen LogP contribution is -2.32. The third kappa shape index (κ3) is 5.52. The molecule has 0 unspecified atom stereocenters. The summed E-state index contributed by atoms with van der Waals surface area (Å²) in [7, 11) is 0. The molecule has 25 heavy (non-hydrogen) atoms. The molecule has 0 spiro atoms. The molecular weight excluding hydrogens is 331 g/mol. The van der Waals surface area contributed by atoms with Crippen LogP contribution in [0.5, 0.6) is 5.75 Å². The fraction of sp³-hybridized carbons (Fsp3) is 0.316. The van der Waals surface area contributed by atoms with Gasteiger partial charge in [-0.2, -0.15) is 13.2 Å². The van der Waals surface area contributed by atoms with Crippen LogP contribution in [0.1, 0.15) is 36.1 Å². The minimum absolute atomic E-state index is 0.00774. The van der Waals surface area contributed by atoms with Gasteiger partial charge in [-0.1, -0.05) is 42.8 Å². The molecule has 0 bridgehead atoms. The maximum absolute atomic E-state index is 12.7. The van der Waals surface area contributed by atoms with Gasteiger partial charge in [0.15, 0.2) is 6.61 Å². The molecule has 0 aliphatic rings. The summed E-state index contributed by atoms with van der Waals surface area (Å²) in [6.07, 6.45) is -3.75. The van der Waals surface area contributed by atoms with Crippen molar-refractivity contribution in [3.8, 4) is 5.75 Å². The topological polar surface area (TPSA) is 38.3 Å². The van der Waals surface area contributed by atoms with Crippen molar-refractivity contribution >= 4 is 5.91 Å². The Balaban J connectivity index is 1.94. The van der Waals surface area contributed by atoms with Gasteiger partial charge in [0, 0.05) is 0 Å². The first-order valence-electron chi connectivity index (χ1n) is 7.95. The van der Waals surface area contributed by atoms with Crippen molar-refractivity contribution in [1.29, 1.82) is 0 Å². The van der Waals surface area contributed by atoms with Gasteiger partial charge in [0.05, 0.1) is 11.6 Å². The maximum atomic E-state index is 12.7. The van der Waals surface area contributed by atoms with Crippen LogP contribution in [0.3, 0.4) is 0 Å². The summed E-state index contributed by atoms with van der Waals surface area (Å²) < 4.78 is 43.2. The van der Waals surface area contributed by atoms with Gasteiger partial charge in [-0.3, -0.25) is 4.79 Å². The molecule has 0 aliphatic carbocycles. The third-order valence-corrected chi connectivity index (χ3v) is 3.75. The normalized spacial score (nSPS) is 12.5. The molecule has 2 aromatic rings. The maximum Gasteiger partial charge on any atom is 0.416 e. The lowest BCUT2D eigenvalue weighted by Gasteiger charge is -2.18. The molecule has 134 valence electrons. The van der Waals surface area contributed by atoms with E-state index in [0.717, 1.165) is 23.3 Å². The lowest BCUT2D eigenvalue weighted by molar-refractivity contribution is -0.137. The fourth-order valence-electron chi connectivity index (χ4n) is 2.37. The van der Waals surface area contributed by atoms with Crippen molar-refractivity contribution in [3.63, 3.8) is 0 Å². The van der Waals surface area contributed by atoms with Crippen LogP contribution in [0.25, 0.3) is 0 Å². The number of hydrogen-bond donors (Lipinski definition) is 1. The molecule has 3 nitrogen and oxygen atoms in total. The molecule has 0 saturated heterocycles. The summed E-state index contributed by atoms with van der Waals surface area (Å²) in [6.45, 7) is 3.58. The average molecular weight is 351 g/mol. The van der Waals surface area contributed by atoms with E-state index < -0.39 is 11.7 Å². The van der Waals surface area contributed by atoms with Crippen LogP contribution in [0.4, 0.5) is 13.2 Å². The van der Waals surface area contributed by atoms with Gasteiger partial charge in [0.25, 0.3) is 5.91 Å². The highest BCUT2D eigenvalue weighted by atomic mass is 19.4. The summed E-state index contributed by atoms with van der Waals surface area (Å²) in [5, 5.41) is 2.83. The van der Waals surface area contributed by atoms with Gasteiger partial charge < -0.3 is 10.1 Å². The van der Waals surface area contributed by atoms with E-state index in [-0.39, 0.29) is 24.3 Å². The van der Waals surface area contributed by atoms with E-state index in [1.807, 2.05) is 38.1 Å². The number of carbonyl (C=O) groups is 1. The number of halogens is 3. The molecule has 0 radical (unpaired) electrons. The van der Waals surface area contributed by atoms with E-state index in [0.29, 0.717) is 6.42 Å². The SMILES string of the molecule is CC[C@@H](NC(=O)COc1cccc(C(F)(F)F)c1)c1ccc(C)cc1. The first-order valence-corrected chi connectivity index (χ1v) is 7.95. The second kappa shape index (κ2) is 8.05. The molecule has 0 fully saturated rings. The second-order valence-electron chi connectivity index (χ2n) is 5.75. The monoisotopic (exact) mass is 351 g/mol. The van der Waals surface area contributed by atoms with Crippen molar-refractivity contribution in [2.24, 2.45) is 0 Å². The van der Waals surface area contributed by atoms with Gasteiger partial charge in [-0.15, -0.1) is 0 Å². The van der Waals surface area contributed by atoms with Crippen molar-refractivity contribution in [2.75, 3.05) is 6.61 Å². The molecule has 2 aromatic carbocycles. The van der Waals surface area contributed by atoms with Gasteiger partial charge in [0.2, 0.25) is 0 Å². The number of carbonyl (C=O) groups excluding carboxylic acids is 1. The van der Waals surface area contributed by atoms with Crippen LogP contribution in [-0.4, -0.2) is 12.5 Å². The Morgan fingerprint density at radius 3 is 2.44 bits per heavy atom. The number of ether oxygens (including phenoxy) is 1. The number of hydrogen-bond acceptors (Lipinski definition) is 2. The van der Waals surface area contributed by atoms with Gasteiger partial charge >= 0.3 is 6.18 Å². The number of rotatable bonds is 6. The Hall–Kier alpha value is -2.50. The van der Waals surface area contributed by atoms with Crippen LogP contribution in [-0.2, 0) is 11.0 Å². The van der Waals surface area contributed by atoms with E-state index in [4.69, 9.17) is 4.74 Å². The Bertz CT molecular complexity index is 711. The largest absolute Gasteiger partial charge is 0.484 e. The molecule has 2 rings (SSSR count). The number of benzene rings is 2. The van der Waals surface area contributed by atoms with Gasteiger partial charge in [0.1, 0.15) is 5.75 Å². The van der Waals surface area contributed by atoms with E-state index >= 15 is 0 Å². The molecule has 0 aliphatic heterocycles. The molecule has 0 aromatic heterocycles. The van der Waals surface area contributed by atoms with Crippen LogP contribution in [0.15, 0.2) is 48.5 Å². The van der Waals surface area contributed by atoms with Crippen LogP contribution in [0, 0.1) is 6.92 Å². The van der Waals surface area contributed by atoms with E-state index in [9.17, 15) is 18.0 Å². The molecular formula is C19H20F3NO2. The Labute approximate surface area is 144 Å². The van der Waals surface area contributed by atoms with Crippen molar-refractivity contribution in [1.82, 2.24) is 5.32 Å². The molecule has 1 amide bonds. The fourth-order valence-corrected chi connectivity index (χ4v) is 2.37. The molecule has 1 N–H and O–H groups in total. The summed E-state index contributed by atoms with van der Waals surface area (Å²) in [5.41, 5.74) is 1.29. The zero-order valence-electron chi connectivity index (χ0n) is 14.1. The quantitative estimate of drug-likeness (QED) is 0.822. The molecule has 0 saturated carbocycles. The molecule has 0 heterocycles. The first-order chi connectivity index (χ1) is 11.8. The highest BCUT2D eigenvalue weighted by Crippen LogP contribution is 2.31. The average Bonchev–Trinajstić information content (AvgIpc) is 2.58. The lowest BCUT2D eigenvalue weighted by atomic mass is 10.0. The standard InChI is InChI=1S/C19H20F3NO2/c1-3-17(14-9-7-13(2)8-10-14)23-18(24)12-25-16-6-4-5-15(11-16)19(20,21)22/h4-11,17H,3,12H2,1-2H3,(H,23,24)/t17-/m1/s1. The van der Waals surface area contributed by atoms with Gasteiger partial charge in [-0.25, -0.2) is 0 Å². The van der Waals surface area contributed by atoms with Crippen LogP contribution in [0.2, 0.25) is 0 Å². The summed E-state index contributed by atoms with van der Waals surface area (Å²) in [4.78, 5) is 12.0. The van der Waals surface area contributed by atoms with Crippen molar-refractivity contribution in [3.05, 3.63) is 65.2 Å². The minimum Gasteiger partial charge on any atom is -0.484 e. The zero-order valence-corrected chi connectivity index (χ0v) is 14.1. The molecule has 1 atom stereocenters. The number of aryl methyl sites for hydroxylation is 1. The van der Waals surface area contributed by atoms with Crippen molar-refractivity contribution < 1.29 is 22.7 Å². The molecule has 6 heteroatoms. The van der Waals surface area contributed by atoms with Crippen molar-refractivity contribution in [2.45, 2.75) is 32.5 Å². The number of alkyl halides is 3. The first kappa shape index (κ1) is 18.8. The Kier molecular flexibility index (Phi) is 6.07. The van der Waals surface area contributed by atoms with E-state index in [1.165, 1.54) is 12.1 Å². The highest BCUT2D eigenvalue weighted by molar-refractivity contribution is 5.78. The zero-order chi connectivity index (χ0) is 18.4. The summed E-state index contributed by atoms with van der Waals surface area (Å²) in [5.74, 6) is -0.377. The summed E-state index contributed by atoms with van der Waals surface area (Å²) in [6, 6.07) is 12.1. The van der Waals surface area contributed by atoms with E-state index in [2.05, 4.69) is 5.32 Å². The highest BCUT2D eigenvalue weighted by Gasteiger charge is 2.30. The smallest absolute Gasteiger partial charge is 0.416 e. The predicted molar refractivity (Wildman–Crippen MR) is 89.3 cm³/mol. The van der Waals surface area contributed by atoms with E-state index in [1.54, 1.807) is 0 Å².